The fourth-order valence-corrected chi connectivity index (χ4v) is 3.05. The third kappa shape index (κ3) is 2.92. The average molecular weight is 256 g/mol. The SMILES string of the molecule is O=C(Nc1ccccc1Cl)C1CCSCC1. The number of thioether (sulfide) groups is 1. The Hall–Kier alpha value is -0.670. The van der Waals surface area contributed by atoms with Crippen molar-refractivity contribution in [3.8, 4) is 0 Å². The number of carbonyl (C=O) groups excluding carboxylic acids is 1. The number of hydrogen-bond donors (Lipinski definition) is 1. The number of rotatable bonds is 2. The molecule has 1 aliphatic rings. The minimum Gasteiger partial charge on any atom is -0.325 e. The number of amides is 1. The summed E-state index contributed by atoms with van der Waals surface area (Å²) in [5.74, 6) is 2.42. The van der Waals surface area contributed by atoms with Gasteiger partial charge in [0.15, 0.2) is 0 Å². The molecule has 0 spiro atoms. The fraction of sp³-hybridized carbons (Fsp3) is 0.417. The van der Waals surface area contributed by atoms with Gasteiger partial charge in [-0.2, -0.15) is 11.8 Å². The van der Waals surface area contributed by atoms with Crippen molar-refractivity contribution in [2.75, 3.05) is 16.8 Å². The van der Waals surface area contributed by atoms with Crippen molar-refractivity contribution in [1.82, 2.24) is 0 Å². The third-order valence-electron chi connectivity index (χ3n) is 2.72. The Bertz CT molecular complexity index is 377. The monoisotopic (exact) mass is 255 g/mol. The average Bonchev–Trinajstić information content (AvgIpc) is 2.33. The van der Waals surface area contributed by atoms with E-state index >= 15 is 0 Å². The first-order valence-corrected chi connectivity index (χ1v) is 6.94. The highest BCUT2D eigenvalue weighted by Crippen LogP contribution is 2.26. The van der Waals surface area contributed by atoms with Crippen LogP contribution >= 0.6 is 23.4 Å². The zero-order valence-corrected chi connectivity index (χ0v) is 10.5. The molecule has 1 fully saturated rings. The summed E-state index contributed by atoms with van der Waals surface area (Å²) in [6.07, 6.45) is 1.95. The molecule has 1 N–H and O–H groups in total. The molecule has 16 heavy (non-hydrogen) atoms. The maximum atomic E-state index is 11.9. The minimum absolute atomic E-state index is 0.105. The fourth-order valence-electron chi connectivity index (χ4n) is 1.76. The number of carbonyl (C=O) groups is 1. The zero-order chi connectivity index (χ0) is 11.4. The quantitative estimate of drug-likeness (QED) is 0.877. The van der Waals surface area contributed by atoms with Crippen LogP contribution in [0.2, 0.25) is 5.02 Å². The molecule has 1 heterocycles. The van der Waals surface area contributed by atoms with E-state index in [1.165, 1.54) is 0 Å². The molecule has 0 aliphatic carbocycles. The summed E-state index contributed by atoms with van der Waals surface area (Å²) in [6, 6.07) is 7.35. The second kappa shape index (κ2) is 5.60. The van der Waals surface area contributed by atoms with Crippen LogP contribution in [0.1, 0.15) is 12.8 Å². The van der Waals surface area contributed by atoms with Gasteiger partial charge in [-0.15, -0.1) is 0 Å². The first-order chi connectivity index (χ1) is 7.77. The van der Waals surface area contributed by atoms with E-state index in [4.69, 9.17) is 11.6 Å². The minimum atomic E-state index is 0.105. The molecular weight excluding hydrogens is 242 g/mol. The Balaban J connectivity index is 1.99. The topological polar surface area (TPSA) is 29.1 Å². The molecule has 0 aromatic heterocycles. The number of benzene rings is 1. The van der Waals surface area contributed by atoms with Gasteiger partial charge in [-0.3, -0.25) is 4.79 Å². The predicted molar refractivity (Wildman–Crippen MR) is 70.1 cm³/mol. The molecule has 1 saturated heterocycles. The Morgan fingerprint density at radius 2 is 2.00 bits per heavy atom. The van der Waals surface area contributed by atoms with Gasteiger partial charge in [0.2, 0.25) is 5.91 Å². The summed E-state index contributed by atoms with van der Waals surface area (Å²) in [5, 5.41) is 3.50. The summed E-state index contributed by atoms with van der Waals surface area (Å²) in [7, 11) is 0. The summed E-state index contributed by atoms with van der Waals surface area (Å²) < 4.78 is 0. The normalized spacial score (nSPS) is 17.1. The maximum absolute atomic E-state index is 11.9. The molecule has 1 aliphatic heterocycles. The van der Waals surface area contributed by atoms with Gasteiger partial charge in [-0.25, -0.2) is 0 Å². The Labute approximate surface area is 105 Å². The lowest BCUT2D eigenvalue weighted by Crippen LogP contribution is -2.26. The van der Waals surface area contributed by atoms with Gasteiger partial charge in [0.1, 0.15) is 0 Å². The van der Waals surface area contributed by atoms with Crippen molar-refractivity contribution < 1.29 is 4.79 Å². The van der Waals surface area contributed by atoms with Crippen LogP contribution in [0.5, 0.6) is 0 Å². The van der Waals surface area contributed by atoms with Crippen LogP contribution in [0, 0.1) is 5.92 Å². The molecule has 86 valence electrons. The molecule has 0 radical (unpaired) electrons. The lowest BCUT2D eigenvalue weighted by Gasteiger charge is -2.20. The highest BCUT2D eigenvalue weighted by molar-refractivity contribution is 7.99. The first kappa shape index (κ1) is 11.8. The van der Waals surface area contributed by atoms with Gasteiger partial charge in [0.25, 0.3) is 0 Å². The Morgan fingerprint density at radius 3 is 2.69 bits per heavy atom. The summed E-state index contributed by atoms with van der Waals surface area (Å²) in [6.45, 7) is 0. The van der Waals surface area contributed by atoms with Crippen LogP contribution in [0.3, 0.4) is 0 Å². The summed E-state index contributed by atoms with van der Waals surface area (Å²) in [4.78, 5) is 11.9. The molecule has 1 aromatic carbocycles. The number of hydrogen-bond acceptors (Lipinski definition) is 2. The number of halogens is 1. The summed E-state index contributed by atoms with van der Waals surface area (Å²) >= 11 is 7.91. The Morgan fingerprint density at radius 1 is 1.31 bits per heavy atom. The predicted octanol–water partition coefficient (Wildman–Crippen LogP) is 3.42. The van der Waals surface area contributed by atoms with Crippen molar-refractivity contribution in [2.24, 2.45) is 5.92 Å². The first-order valence-electron chi connectivity index (χ1n) is 5.40. The van der Waals surface area contributed by atoms with Gasteiger partial charge >= 0.3 is 0 Å². The molecular formula is C12H14ClNOS. The van der Waals surface area contributed by atoms with Crippen molar-refractivity contribution >= 4 is 35.0 Å². The highest BCUT2D eigenvalue weighted by Gasteiger charge is 2.21. The van der Waals surface area contributed by atoms with Gasteiger partial charge < -0.3 is 5.32 Å². The van der Waals surface area contributed by atoms with Crippen molar-refractivity contribution in [3.05, 3.63) is 29.3 Å². The molecule has 4 heteroatoms. The van der Waals surface area contributed by atoms with Crippen LogP contribution in [-0.2, 0) is 4.79 Å². The second-order valence-electron chi connectivity index (χ2n) is 3.86. The molecule has 0 saturated carbocycles. The molecule has 1 amide bonds. The lowest BCUT2D eigenvalue weighted by molar-refractivity contribution is -0.120. The van der Waals surface area contributed by atoms with Crippen LogP contribution in [0.4, 0.5) is 5.69 Å². The van der Waals surface area contributed by atoms with Gasteiger partial charge in [0.05, 0.1) is 10.7 Å². The van der Waals surface area contributed by atoms with E-state index in [0.717, 1.165) is 24.3 Å². The zero-order valence-electron chi connectivity index (χ0n) is 8.91. The Kier molecular flexibility index (Phi) is 4.13. The van der Waals surface area contributed by atoms with E-state index in [1.807, 2.05) is 30.0 Å². The largest absolute Gasteiger partial charge is 0.325 e. The van der Waals surface area contributed by atoms with E-state index in [-0.39, 0.29) is 11.8 Å². The van der Waals surface area contributed by atoms with Crippen LogP contribution in [-0.4, -0.2) is 17.4 Å². The van der Waals surface area contributed by atoms with Crippen molar-refractivity contribution in [1.29, 1.82) is 0 Å². The lowest BCUT2D eigenvalue weighted by atomic mass is 10.0. The summed E-state index contributed by atoms with van der Waals surface area (Å²) in [5.41, 5.74) is 0.715. The number of nitrogens with one attached hydrogen (secondary N) is 1. The van der Waals surface area contributed by atoms with Crippen molar-refractivity contribution in [2.45, 2.75) is 12.8 Å². The van der Waals surface area contributed by atoms with Gasteiger partial charge in [-0.05, 0) is 36.5 Å². The van der Waals surface area contributed by atoms with E-state index in [2.05, 4.69) is 5.32 Å². The van der Waals surface area contributed by atoms with E-state index in [1.54, 1.807) is 6.07 Å². The second-order valence-corrected chi connectivity index (χ2v) is 5.49. The number of anilines is 1. The van der Waals surface area contributed by atoms with E-state index in [0.29, 0.717) is 10.7 Å². The van der Waals surface area contributed by atoms with Crippen LogP contribution < -0.4 is 5.32 Å². The van der Waals surface area contributed by atoms with Gasteiger partial charge in [-0.1, -0.05) is 23.7 Å². The molecule has 0 bridgehead atoms. The standard InChI is InChI=1S/C12H14ClNOS/c13-10-3-1-2-4-11(10)14-12(15)9-5-7-16-8-6-9/h1-4,9H,5-8H2,(H,14,15). The van der Waals surface area contributed by atoms with E-state index < -0.39 is 0 Å². The number of para-hydroxylation sites is 1. The van der Waals surface area contributed by atoms with Crippen LogP contribution in [0.15, 0.2) is 24.3 Å². The van der Waals surface area contributed by atoms with Crippen LogP contribution in [0.25, 0.3) is 0 Å². The molecule has 1 aromatic rings. The highest BCUT2D eigenvalue weighted by atomic mass is 35.5. The third-order valence-corrected chi connectivity index (χ3v) is 4.10. The molecule has 2 rings (SSSR count). The maximum Gasteiger partial charge on any atom is 0.227 e. The molecule has 0 atom stereocenters. The smallest absolute Gasteiger partial charge is 0.227 e. The molecule has 0 unspecified atom stereocenters. The van der Waals surface area contributed by atoms with Gasteiger partial charge in [0, 0.05) is 5.92 Å². The van der Waals surface area contributed by atoms with E-state index in [9.17, 15) is 4.79 Å². The molecule has 2 nitrogen and oxygen atoms in total. The van der Waals surface area contributed by atoms with Crippen molar-refractivity contribution in [3.63, 3.8) is 0 Å².